The summed E-state index contributed by atoms with van der Waals surface area (Å²) in [6.45, 7) is 3.78. The molecule has 1 amide bonds. The number of hydrogen-bond donors (Lipinski definition) is 1. The SMILES string of the molecule is Cc1ccsc1C=CC(=O)N(C)CC(C)C(=O)O. The molecule has 0 saturated carbocycles. The molecule has 0 spiro atoms. The molecule has 5 heteroatoms. The molecular weight excluding hydrogens is 250 g/mol. The van der Waals surface area contributed by atoms with Gasteiger partial charge in [0.25, 0.3) is 0 Å². The van der Waals surface area contributed by atoms with Crippen LogP contribution in [0.25, 0.3) is 6.08 Å². The number of aliphatic carboxylic acids is 1. The van der Waals surface area contributed by atoms with E-state index in [4.69, 9.17) is 5.11 Å². The number of carboxylic acids is 1. The van der Waals surface area contributed by atoms with Crippen molar-refractivity contribution in [3.05, 3.63) is 28.0 Å². The Balaban J connectivity index is 2.58. The third-order valence-electron chi connectivity index (χ3n) is 2.62. The number of carbonyl (C=O) groups excluding carboxylic acids is 1. The highest BCUT2D eigenvalue weighted by Gasteiger charge is 2.15. The molecule has 1 rings (SSSR count). The fraction of sp³-hybridized carbons (Fsp3) is 0.385. The van der Waals surface area contributed by atoms with Crippen molar-refractivity contribution in [3.63, 3.8) is 0 Å². The highest BCUT2D eigenvalue weighted by molar-refractivity contribution is 7.11. The Bertz CT molecular complexity index is 465. The van der Waals surface area contributed by atoms with Gasteiger partial charge in [-0.1, -0.05) is 6.92 Å². The predicted octanol–water partition coefficient (Wildman–Crippen LogP) is 2.25. The third kappa shape index (κ3) is 4.00. The van der Waals surface area contributed by atoms with Gasteiger partial charge in [-0.2, -0.15) is 0 Å². The Morgan fingerprint density at radius 1 is 1.56 bits per heavy atom. The average molecular weight is 267 g/mol. The van der Waals surface area contributed by atoms with Crippen molar-refractivity contribution in [2.45, 2.75) is 13.8 Å². The fourth-order valence-corrected chi connectivity index (χ4v) is 2.23. The molecule has 98 valence electrons. The predicted molar refractivity (Wildman–Crippen MR) is 72.5 cm³/mol. The molecule has 0 fully saturated rings. The minimum absolute atomic E-state index is 0.184. The zero-order valence-corrected chi connectivity index (χ0v) is 11.5. The highest BCUT2D eigenvalue weighted by atomic mass is 32.1. The maximum atomic E-state index is 11.8. The Kier molecular flexibility index (Phi) is 5.09. The summed E-state index contributed by atoms with van der Waals surface area (Å²) in [6, 6.07) is 1.99. The first-order chi connectivity index (χ1) is 8.41. The lowest BCUT2D eigenvalue weighted by atomic mass is 10.2. The van der Waals surface area contributed by atoms with E-state index in [1.54, 1.807) is 31.4 Å². The Hall–Kier alpha value is -1.62. The van der Waals surface area contributed by atoms with Crippen molar-refractivity contribution < 1.29 is 14.7 Å². The van der Waals surface area contributed by atoms with Gasteiger partial charge in [-0.25, -0.2) is 0 Å². The van der Waals surface area contributed by atoms with E-state index in [1.165, 1.54) is 11.0 Å². The number of carboxylic acid groups (broad SMARTS) is 1. The van der Waals surface area contributed by atoms with E-state index in [0.29, 0.717) is 0 Å². The van der Waals surface area contributed by atoms with Crippen LogP contribution < -0.4 is 0 Å². The second kappa shape index (κ2) is 6.35. The second-order valence-electron chi connectivity index (χ2n) is 4.26. The van der Waals surface area contributed by atoms with Crippen LogP contribution in [-0.4, -0.2) is 35.5 Å². The molecule has 4 nitrogen and oxygen atoms in total. The van der Waals surface area contributed by atoms with Crippen LogP contribution in [0.15, 0.2) is 17.5 Å². The van der Waals surface area contributed by atoms with Crippen molar-refractivity contribution in [2.75, 3.05) is 13.6 Å². The molecule has 1 unspecified atom stereocenters. The molecule has 0 aliphatic rings. The van der Waals surface area contributed by atoms with E-state index in [-0.39, 0.29) is 12.5 Å². The first kappa shape index (κ1) is 14.4. The second-order valence-corrected chi connectivity index (χ2v) is 5.21. The number of hydrogen-bond acceptors (Lipinski definition) is 3. The van der Waals surface area contributed by atoms with Crippen molar-refractivity contribution in [2.24, 2.45) is 5.92 Å². The van der Waals surface area contributed by atoms with Crippen LogP contribution in [-0.2, 0) is 9.59 Å². The molecule has 0 aliphatic carbocycles. The van der Waals surface area contributed by atoms with E-state index in [0.717, 1.165) is 10.4 Å². The van der Waals surface area contributed by atoms with Gasteiger partial charge in [0.1, 0.15) is 0 Å². The molecular formula is C13H17NO3S. The van der Waals surface area contributed by atoms with Crippen LogP contribution in [0.2, 0.25) is 0 Å². The van der Waals surface area contributed by atoms with Crippen LogP contribution in [0.4, 0.5) is 0 Å². The van der Waals surface area contributed by atoms with Crippen LogP contribution in [0.5, 0.6) is 0 Å². The summed E-state index contributed by atoms with van der Waals surface area (Å²) < 4.78 is 0. The lowest BCUT2D eigenvalue weighted by Gasteiger charge is -2.17. The molecule has 1 N–H and O–H groups in total. The van der Waals surface area contributed by atoms with Crippen molar-refractivity contribution >= 4 is 29.3 Å². The number of aryl methyl sites for hydroxylation is 1. The highest BCUT2D eigenvalue weighted by Crippen LogP contribution is 2.17. The standard InChI is InChI=1S/C13H17NO3S/c1-9-6-7-18-11(9)4-5-12(15)14(3)8-10(2)13(16)17/h4-7,10H,8H2,1-3H3,(H,16,17). The van der Waals surface area contributed by atoms with Gasteiger partial charge in [0.05, 0.1) is 5.92 Å². The summed E-state index contributed by atoms with van der Waals surface area (Å²) in [6.07, 6.45) is 3.25. The quantitative estimate of drug-likeness (QED) is 0.832. The molecule has 0 aromatic carbocycles. The minimum atomic E-state index is -0.896. The number of carbonyl (C=O) groups is 2. The van der Waals surface area contributed by atoms with E-state index < -0.39 is 11.9 Å². The van der Waals surface area contributed by atoms with Gasteiger partial charge in [0, 0.05) is 24.5 Å². The van der Waals surface area contributed by atoms with E-state index in [9.17, 15) is 9.59 Å². The topological polar surface area (TPSA) is 57.6 Å². The van der Waals surface area contributed by atoms with Gasteiger partial charge in [0.2, 0.25) is 5.91 Å². The van der Waals surface area contributed by atoms with Gasteiger partial charge in [-0.3, -0.25) is 9.59 Å². The van der Waals surface area contributed by atoms with Gasteiger partial charge in [0.15, 0.2) is 0 Å². The number of likely N-dealkylation sites (N-methyl/N-ethyl adjacent to an activating group) is 1. The first-order valence-corrected chi connectivity index (χ1v) is 6.50. The maximum absolute atomic E-state index is 11.8. The van der Waals surface area contributed by atoms with Crippen LogP contribution in [0.1, 0.15) is 17.4 Å². The average Bonchev–Trinajstić information content (AvgIpc) is 2.71. The van der Waals surface area contributed by atoms with Crippen molar-refractivity contribution in [1.82, 2.24) is 4.90 Å². The molecule has 1 heterocycles. The normalized spacial score (nSPS) is 12.6. The Morgan fingerprint density at radius 3 is 2.72 bits per heavy atom. The maximum Gasteiger partial charge on any atom is 0.308 e. The third-order valence-corrected chi connectivity index (χ3v) is 3.61. The summed E-state index contributed by atoms with van der Waals surface area (Å²) >= 11 is 1.57. The smallest absolute Gasteiger partial charge is 0.308 e. The van der Waals surface area contributed by atoms with E-state index in [1.807, 2.05) is 18.4 Å². The molecule has 18 heavy (non-hydrogen) atoms. The van der Waals surface area contributed by atoms with Gasteiger partial charge >= 0.3 is 5.97 Å². The molecule has 0 saturated heterocycles. The molecule has 1 aromatic rings. The number of nitrogens with zero attached hydrogens (tertiary/aromatic N) is 1. The van der Waals surface area contributed by atoms with Gasteiger partial charge < -0.3 is 10.0 Å². The van der Waals surface area contributed by atoms with Crippen LogP contribution in [0, 0.1) is 12.8 Å². The van der Waals surface area contributed by atoms with E-state index in [2.05, 4.69) is 0 Å². The largest absolute Gasteiger partial charge is 0.481 e. The van der Waals surface area contributed by atoms with E-state index >= 15 is 0 Å². The fourth-order valence-electron chi connectivity index (χ4n) is 1.41. The Morgan fingerprint density at radius 2 is 2.22 bits per heavy atom. The number of thiophene rings is 1. The number of amides is 1. The summed E-state index contributed by atoms with van der Waals surface area (Å²) in [5.74, 6) is -1.64. The summed E-state index contributed by atoms with van der Waals surface area (Å²) in [4.78, 5) is 24.9. The van der Waals surface area contributed by atoms with Crippen LogP contribution in [0.3, 0.4) is 0 Å². The molecule has 1 aromatic heterocycles. The van der Waals surface area contributed by atoms with Crippen molar-refractivity contribution in [3.8, 4) is 0 Å². The molecule has 0 bridgehead atoms. The minimum Gasteiger partial charge on any atom is -0.481 e. The lowest BCUT2D eigenvalue weighted by molar-refractivity contribution is -0.142. The van der Waals surface area contributed by atoms with Gasteiger partial charge in [-0.15, -0.1) is 11.3 Å². The zero-order valence-electron chi connectivity index (χ0n) is 10.7. The monoisotopic (exact) mass is 267 g/mol. The Labute approximate surface area is 111 Å². The van der Waals surface area contributed by atoms with Crippen LogP contribution >= 0.6 is 11.3 Å². The molecule has 0 aliphatic heterocycles. The number of rotatable bonds is 5. The zero-order chi connectivity index (χ0) is 13.7. The van der Waals surface area contributed by atoms with Gasteiger partial charge in [-0.05, 0) is 30.0 Å². The first-order valence-electron chi connectivity index (χ1n) is 5.62. The lowest BCUT2D eigenvalue weighted by Crippen LogP contribution is -2.32. The molecule has 1 atom stereocenters. The van der Waals surface area contributed by atoms with Crippen molar-refractivity contribution in [1.29, 1.82) is 0 Å². The molecule has 0 radical (unpaired) electrons. The summed E-state index contributed by atoms with van der Waals surface area (Å²) in [5.41, 5.74) is 1.13. The summed E-state index contributed by atoms with van der Waals surface area (Å²) in [5, 5.41) is 10.7. The summed E-state index contributed by atoms with van der Waals surface area (Å²) in [7, 11) is 1.60.